The van der Waals surface area contributed by atoms with Gasteiger partial charge in [-0.3, -0.25) is 4.79 Å². The molecule has 0 saturated heterocycles. The van der Waals surface area contributed by atoms with Gasteiger partial charge in [-0.1, -0.05) is 6.92 Å². The number of nitrogens with zero attached hydrogens (tertiary/aromatic N) is 1. The van der Waals surface area contributed by atoms with Crippen molar-refractivity contribution in [2.75, 3.05) is 24.6 Å². The number of hydrogen-bond acceptors (Lipinski definition) is 5. The van der Waals surface area contributed by atoms with E-state index in [1.54, 1.807) is 19.9 Å². The SMILES string of the molecule is CCOC(=O)c1cc(C)sc1N(CC)CC(C)C(=O)O. The minimum absolute atomic E-state index is 0.324. The molecule has 0 aliphatic heterocycles. The van der Waals surface area contributed by atoms with Gasteiger partial charge < -0.3 is 14.7 Å². The number of carboxylic acid groups (broad SMARTS) is 1. The third-order valence-corrected chi connectivity index (χ3v) is 4.03. The monoisotopic (exact) mass is 299 g/mol. The van der Waals surface area contributed by atoms with Crippen LogP contribution in [0.25, 0.3) is 0 Å². The fourth-order valence-corrected chi connectivity index (χ4v) is 2.92. The van der Waals surface area contributed by atoms with Crippen LogP contribution in [0.1, 0.15) is 36.0 Å². The molecule has 1 N–H and O–H groups in total. The van der Waals surface area contributed by atoms with E-state index < -0.39 is 11.9 Å². The lowest BCUT2D eigenvalue weighted by atomic mass is 10.1. The quantitative estimate of drug-likeness (QED) is 0.784. The van der Waals surface area contributed by atoms with Crippen LogP contribution < -0.4 is 4.90 Å². The zero-order valence-electron chi connectivity index (χ0n) is 12.3. The van der Waals surface area contributed by atoms with Crippen LogP contribution in [0.2, 0.25) is 0 Å². The van der Waals surface area contributed by atoms with Crippen LogP contribution in [-0.4, -0.2) is 36.7 Å². The first-order valence-corrected chi connectivity index (χ1v) is 7.47. The molecule has 0 aromatic carbocycles. The number of carbonyl (C=O) groups is 2. The highest BCUT2D eigenvalue weighted by atomic mass is 32.1. The van der Waals surface area contributed by atoms with Crippen molar-refractivity contribution in [3.8, 4) is 0 Å². The second kappa shape index (κ2) is 7.28. The summed E-state index contributed by atoms with van der Waals surface area (Å²) < 4.78 is 5.05. The van der Waals surface area contributed by atoms with E-state index in [9.17, 15) is 9.59 Å². The van der Waals surface area contributed by atoms with E-state index in [-0.39, 0.29) is 5.97 Å². The number of carboxylic acids is 1. The van der Waals surface area contributed by atoms with Gasteiger partial charge in [0.2, 0.25) is 0 Å². The Labute approximate surface area is 123 Å². The van der Waals surface area contributed by atoms with Gasteiger partial charge in [0.05, 0.1) is 18.1 Å². The van der Waals surface area contributed by atoms with Crippen molar-refractivity contribution in [3.05, 3.63) is 16.5 Å². The summed E-state index contributed by atoms with van der Waals surface area (Å²) in [6.45, 7) is 8.63. The third-order valence-electron chi connectivity index (χ3n) is 2.92. The minimum Gasteiger partial charge on any atom is -0.481 e. The summed E-state index contributed by atoms with van der Waals surface area (Å²) in [7, 11) is 0. The van der Waals surface area contributed by atoms with Crippen LogP contribution in [0.15, 0.2) is 6.07 Å². The second-order valence-corrected chi connectivity index (χ2v) is 5.81. The maximum absolute atomic E-state index is 12.0. The van der Waals surface area contributed by atoms with E-state index in [2.05, 4.69) is 0 Å². The molecule has 0 spiro atoms. The Morgan fingerprint density at radius 3 is 2.60 bits per heavy atom. The summed E-state index contributed by atoms with van der Waals surface area (Å²) in [6, 6.07) is 1.80. The smallest absolute Gasteiger partial charge is 0.341 e. The molecule has 0 radical (unpaired) electrons. The van der Waals surface area contributed by atoms with Crippen LogP contribution in [0.5, 0.6) is 0 Å². The molecule has 1 rings (SSSR count). The van der Waals surface area contributed by atoms with E-state index in [4.69, 9.17) is 9.84 Å². The van der Waals surface area contributed by atoms with E-state index in [1.807, 2.05) is 18.7 Å². The lowest BCUT2D eigenvalue weighted by molar-refractivity contribution is -0.140. The van der Waals surface area contributed by atoms with Gasteiger partial charge in [-0.25, -0.2) is 4.79 Å². The zero-order valence-corrected chi connectivity index (χ0v) is 13.1. The summed E-state index contributed by atoms with van der Waals surface area (Å²) in [5.74, 6) is -1.69. The summed E-state index contributed by atoms with van der Waals surface area (Å²) in [6.07, 6.45) is 0. The molecule has 1 unspecified atom stereocenters. The largest absolute Gasteiger partial charge is 0.481 e. The number of rotatable bonds is 7. The second-order valence-electron chi connectivity index (χ2n) is 4.57. The van der Waals surface area contributed by atoms with Crippen LogP contribution in [-0.2, 0) is 9.53 Å². The maximum atomic E-state index is 12.0. The van der Waals surface area contributed by atoms with Crippen LogP contribution in [0.4, 0.5) is 5.00 Å². The molecule has 0 aliphatic rings. The molecule has 6 heteroatoms. The molecule has 0 saturated carbocycles. The number of anilines is 1. The van der Waals surface area contributed by atoms with E-state index in [1.165, 1.54) is 11.3 Å². The first kappa shape index (κ1) is 16.5. The van der Waals surface area contributed by atoms with E-state index in [0.29, 0.717) is 25.3 Å². The average molecular weight is 299 g/mol. The van der Waals surface area contributed by atoms with Gasteiger partial charge in [0.15, 0.2) is 0 Å². The molecular formula is C14H21NO4S. The summed E-state index contributed by atoms with van der Waals surface area (Å²) in [5.41, 5.74) is 0.522. The molecule has 0 bridgehead atoms. The number of hydrogen-bond donors (Lipinski definition) is 1. The van der Waals surface area contributed by atoms with Crippen LogP contribution in [0, 0.1) is 12.8 Å². The van der Waals surface area contributed by atoms with Crippen molar-refractivity contribution in [1.29, 1.82) is 0 Å². The van der Waals surface area contributed by atoms with E-state index in [0.717, 1.165) is 9.88 Å². The molecule has 0 amide bonds. The number of ether oxygens (including phenoxy) is 1. The predicted molar refractivity (Wildman–Crippen MR) is 79.7 cm³/mol. The third kappa shape index (κ3) is 3.96. The highest BCUT2D eigenvalue weighted by Gasteiger charge is 2.23. The molecule has 1 aromatic rings. The average Bonchev–Trinajstić information content (AvgIpc) is 2.77. The Kier molecular flexibility index (Phi) is 6.01. The van der Waals surface area contributed by atoms with Gasteiger partial charge in [0.1, 0.15) is 5.00 Å². The summed E-state index contributed by atoms with van der Waals surface area (Å²) in [4.78, 5) is 25.9. The van der Waals surface area contributed by atoms with Crippen molar-refractivity contribution in [3.63, 3.8) is 0 Å². The van der Waals surface area contributed by atoms with Crippen LogP contribution >= 0.6 is 11.3 Å². The molecule has 5 nitrogen and oxygen atoms in total. The minimum atomic E-state index is -0.839. The molecule has 1 aromatic heterocycles. The number of carbonyl (C=O) groups excluding carboxylic acids is 1. The predicted octanol–water partition coefficient (Wildman–Crippen LogP) is 2.78. The Hall–Kier alpha value is -1.56. The number of thiophene rings is 1. The molecular weight excluding hydrogens is 278 g/mol. The van der Waals surface area contributed by atoms with Crippen molar-refractivity contribution in [1.82, 2.24) is 0 Å². The topological polar surface area (TPSA) is 66.8 Å². The molecule has 0 fully saturated rings. The highest BCUT2D eigenvalue weighted by molar-refractivity contribution is 7.16. The number of aryl methyl sites for hydroxylation is 1. The Morgan fingerprint density at radius 1 is 1.45 bits per heavy atom. The van der Waals surface area contributed by atoms with Gasteiger partial charge in [-0.15, -0.1) is 11.3 Å². The molecule has 0 aliphatic carbocycles. The lowest BCUT2D eigenvalue weighted by Crippen LogP contribution is -2.32. The van der Waals surface area contributed by atoms with Gasteiger partial charge in [-0.05, 0) is 26.8 Å². The van der Waals surface area contributed by atoms with Crippen molar-refractivity contribution >= 4 is 28.3 Å². The number of aliphatic carboxylic acids is 1. The Morgan fingerprint density at radius 2 is 2.10 bits per heavy atom. The first-order valence-electron chi connectivity index (χ1n) is 6.65. The highest BCUT2D eigenvalue weighted by Crippen LogP contribution is 2.32. The molecule has 1 heterocycles. The first-order chi connectivity index (χ1) is 9.40. The fraction of sp³-hybridized carbons (Fsp3) is 0.571. The van der Waals surface area contributed by atoms with Gasteiger partial charge >= 0.3 is 11.9 Å². The normalized spacial score (nSPS) is 12.0. The van der Waals surface area contributed by atoms with Gasteiger partial charge in [0.25, 0.3) is 0 Å². The summed E-state index contributed by atoms with van der Waals surface area (Å²) >= 11 is 1.49. The zero-order chi connectivity index (χ0) is 15.3. The summed E-state index contributed by atoms with van der Waals surface area (Å²) in [5, 5.41) is 9.81. The van der Waals surface area contributed by atoms with Crippen molar-refractivity contribution in [2.24, 2.45) is 5.92 Å². The molecule has 112 valence electrons. The van der Waals surface area contributed by atoms with Gasteiger partial charge in [0, 0.05) is 18.0 Å². The van der Waals surface area contributed by atoms with Crippen molar-refractivity contribution < 1.29 is 19.4 Å². The molecule has 1 atom stereocenters. The maximum Gasteiger partial charge on any atom is 0.341 e. The Balaban J connectivity index is 3.02. The Bertz CT molecular complexity index is 484. The van der Waals surface area contributed by atoms with E-state index >= 15 is 0 Å². The van der Waals surface area contributed by atoms with Crippen molar-refractivity contribution in [2.45, 2.75) is 27.7 Å². The van der Waals surface area contributed by atoms with Gasteiger partial charge in [-0.2, -0.15) is 0 Å². The number of esters is 1. The fourth-order valence-electron chi connectivity index (χ4n) is 1.86. The lowest BCUT2D eigenvalue weighted by Gasteiger charge is -2.24. The standard InChI is InChI=1S/C14H21NO4S/c1-5-15(8-9(3)13(16)17)12-11(7-10(4)20-12)14(18)19-6-2/h7,9H,5-6,8H2,1-4H3,(H,16,17). The molecule has 20 heavy (non-hydrogen) atoms. The van der Waals surface area contributed by atoms with Crippen LogP contribution in [0.3, 0.4) is 0 Å².